The molecule has 0 aromatic heterocycles. The summed E-state index contributed by atoms with van der Waals surface area (Å²) in [5.41, 5.74) is 3.76. The molecule has 0 saturated carbocycles. The molecule has 0 bridgehead atoms. The van der Waals surface area contributed by atoms with Crippen LogP contribution >= 0.6 is 24.0 Å². The number of hydrogen-bond donors (Lipinski definition) is 3. The molecule has 168 valence electrons. The van der Waals surface area contributed by atoms with Gasteiger partial charge in [0.05, 0.1) is 12.3 Å². The highest BCUT2D eigenvalue weighted by molar-refractivity contribution is 14.0. The smallest absolute Gasteiger partial charge is 0.225 e. The number of para-hydroxylation sites is 1. The average Bonchev–Trinajstić information content (AvgIpc) is 2.69. The van der Waals surface area contributed by atoms with E-state index in [-0.39, 0.29) is 41.6 Å². The van der Waals surface area contributed by atoms with Crippen LogP contribution in [0.15, 0.2) is 53.5 Å². The van der Waals surface area contributed by atoms with Crippen LogP contribution in [0.4, 0.5) is 5.69 Å². The van der Waals surface area contributed by atoms with E-state index in [1.54, 1.807) is 0 Å². The Morgan fingerprint density at radius 1 is 1.10 bits per heavy atom. The normalized spacial score (nSPS) is 16.0. The van der Waals surface area contributed by atoms with E-state index in [4.69, 9.17) is 0 Å². The lowest BCUT2D eigenvalue weighted by atomic mass is 9.90. The van der Waals surface area contributed by atoms with E-state index in [9.17, 15) is 13.2 Å². The molecule has 1 aliphatic heterocycles. The lowest BCUT2D eigenvalue weighted by molar-refractivity contribution is -0.116. The van der Waals surface area contributed by atoms with Crippen molar-refractivity contribution in [1.29, 1.82) is 0 Å². The first-order valence-electron chi connectivity index (χ1n) is 10.0. The molecule has 2 aromatic carbocycles. The minimum atomic E-state index is -3.04. The standard InChI is InChI=1S/C22H28N4O3S.HI/c1-3-23-22(24-13-16-8-10-17(11-9-16)15-30(2,28)29)25-14-18-12-21(27)26-20-7-5-4-6-19(18)20;/h4-11,18H,3,12-15H2,1-2H3,(H,26,27)(H2,23,24,25);1H. The van der Waals surface area contributed by atoms with Crippen LogP contribution in [0.5, 0.6) is 0 Å². The van der Waals surface area contributed by atoms with E-state index in [0.717, 1.165) is 28.9 Å². The Hall–Kier alpha value is -2.14. The number of halogens is 1. The quantitative estimate of drug-likeness (QED) is 0.277. The monoisotopic (exact) mass is 556 g/mol. The molecule has 1 aliphatic rings. The van der Waals surface area contributed by atoms with Crippen molar-refractivity contribution in [3.05, 3.63) is 65.2 Å². The Balaban J connectivity index is 0.00000341. The number of sulfone groups is 1. The summed E-state index contributed by atoms with van der Waals surface area (Å²) in [4.78, 5) is 16.6. The van der Waals surface area contributed by atoms with Gasteiger partial charge in [-0.25, -0.2) is 13.4 Å². The summed E-state index contributed by atoms with van der Waals surface area (Å²) in [5, 5.41) is 9.49. The lowest BCUT2D eigenvalue weighted by Crippen LogP contribution is -2.40. The van der Waals surface area contributed by atoms with Crippen LogP contribution in [0.25, 0.3) is 0 Å². The van der Waals surface area contributed by atoms with Crippen molar-refractivity contribution >= 4 is 51.4 Å². The number of fused-ring (bicyclic) bond motifs is 1. The van der Waals surface area contributed by atoms with Gasteiger partial charge in [0.25, 0.3) is 0 Å². The van der Waals surface area contributed by atoms with E-state index in [2.05, 4.69) is 20.9 Å². The summed E-state index contributed by atoms with van der Waals surface area (Å²) in [5.74, 6) is 0.823. The number of nitrogens with zero attached hydrogens (tertiary/aromatic N) is 1. The van der Waals surface area contributed by atoms with Crippen LogP contribution in [0, 0.1) is 0 Å². The fourth-order valence-corrected chi connectivity index (χ4v) is 4.26. The molecule has 0 fully saturated rings. The maximum atomic E-state index is 12.0. The van der Waals surface area contributed by atoms with Gasteiger partial charge in [-0.05, 0) is 29.7 Å². The Labute approximate surface area is 201 Å². The number of aliphatic imine (C=N–C) groups is 1. The van der Waals surface area contributed by atoms with Crippen molar-refractivity contribution in [2.45, 2.75) is 31.6 Å². The number of benzene rings is 2. The zero-order chi connectivity index (χ0) is 21.6. The van der Waals surface area contributed by atoms with E-state index in [0.29, 0.717) is 25.5 Å². The van der Waals surface area contributed by atoms with Crippen LogP contribution in [0.1, 0.15) is 36.0 Å². The summed E-state index contributed by atoms with van der Waals surface area (Å²) in [6.07, 6.45) is 1.67. The number of guanidine groups is 1. The van der Waals surface area contributed by atoms with Gasteiger partial charge in [0.1, 0.15) is 0 Å². The van der Waals surface area contributed by atoms with Gasteiger partial charge in [-0.3, -0.25) is 4.79 Å². The number of amides is 1. The largest absolute Gasteiger partial charge is 0.357 e. The first kappa shape index (κ1) is 25.1. The van der Waals surface area contributed by atoms with Crippen LogP contribution in [-0.4, -0.2) is 39.6 Å². The van der Waals surface area contributed by atoms with E-state index < -0.39 is 9.84 Å². The first-order chi connectivity index (χ1) is 14.3. The van der Waals surface area contributed by atoms with Crippen molar-refractivity contribution in [3.63, 3.8) is 0 Å². The van der Waals surface area contributed by atoms with Gasteiger partial charge in [-0.2, -0.15) is 0 Å². The summed E-state index contributed by atoms with van der Waals surface area (Å²) in [7, 11) is -3.04. The molecule has 1 unspecified atom stereocenters. The molecule has 31 heavy (non-hydrogen) atoms. The molecular formula is C22H29IN4O3S. The van der Waals surface area contributed by atoms with Crippen molar-refractivity contribution in [2.75, 3.05) is 24.7 Å². The Bertz CT molecular complexity index is 1020. The third-order valence-electron chi connectivity index (χ3n) is 4.84. The van der Waals surface area contributed by atoms with Crippen molar-refractivity contribution in [3.8, 4) is 0 Å². The van der Waals surface area contributed by atoms with Gasteiger partial charge in [0.2, 0.25) is 5.91 Å². The van der Waals surface area contributed by atoms with Crippen LogP contribution in [0.2, 0.25) is 0 Å². The number of nitrogens with one attached hydrogen (secondary N) is 3. The highest BCUT2D eigenvalue weighted by Crippen LogP contribution is 2.31. The number of carbonyl (C=O) groups is 1. The third-order valence-corrected chi connectivity index (χ3v) is 5.70. The predicted molar refractivity (Wildman–Crippen MR) is 136 cm³/mol. The molecule has 0 saturated heterocycles. The fraction of sp³-hybridized carbons (Fsp3) is 0.364. The molecule has 0 spiro atoms. The second-order valence-electron chi connectivity index (χ2n) is 7.50. The molecule has 1 amide bonds. The van der Waals surface area contributed by atoms with Gasteiger partial charge in [0, 0.05) is 37.4 Å². The lowest BCUT2D eigenvalue weighted by Gasteiger charge is -2.26. The molecule has 3 rings (SSSR count). The topological polar surface area (TPSA) is 99.7 Å². The van der Waals surface area contributed by atoms with Crippen LogP contribution in [-0.2, 0) is 26.9 Å². The first-order valence-corrected chi connectivity index (χ1v) is 12.1. The minimum Gasteiger partial charge on any atom is -0.357 e. The minimum absolute atomic E-state index is 0. The van der Waals surface area contributed by atoms with Gasteiger partial charge in [0.15, 0.2) is 15.8 Å². The van der Waals surface area contributed by atoms with Crippen molar-refractivity contribution in [2.24, 2.45) is 4.99 Å². The van der Waals surface area contributed by atoms with Gasteiger partial charge >= 0.3 is 0 Å². The zero-order valence-corrected chi connectivity index (χ0v) is 20.9. The van der Waals surface area contributed by atoms with Gasteiger partial charge in [-0.15, -0.1) is 24.0 Å². The van der Waals surface area contributed by atoms with Crippen molar-refractivity contribution in [1.82, 2.24) is 10.6 Å². The molecule has 3 N–H and O–H groups in total. The second-order valence-corrected chi connectivity index (χ2v) is 9.64. The Kier molecular flexibility index (Phi) is 9.30. The molecular weight excluding hydrogens is 527 g/mol. The maximum absolute atomic E-state index is 12.0. The molecule has 9 heteroatoms. The highest BCUT2D eigenvalue weighted by atomic mass is 127. The van der Waals surface area contributed by atoms with E-state index in [1.807, 2.05) is 55.5 Å². The third kappa shape index (κ3) is 7.80. The number of rotatable bonds is 7. The molecule has 2 aromatic rings. The number of anilines is 1. The molecule has 1 atom stereocenters. The SMILES string of the molecule is CCNC(=NCc1ccc(CS(C)(=O)=O)cc1)NCC1CC(=O)Nc2ccccc21.I. The van der Waals surface area contributed by atoms with Crippen molar-refractivity contribution < 1.29 is 13.2 Å². The second kappa shape index (κ2) is 11.5. The van der Waals surface area contributed by atoms with Gasteiger partial charge < -0.3 is 16.0 Å². The highest BCUT2D eigenvalue weighted by Gasteiger charge is 2.24. The predicted octanol–water partition coefficient (Wildman–Crippen LogP) is 3.03. The summed E-state index contributed by atoms with van der Waals surface area (Å²) in [6, 6.07) is 15.3. The molecule has 0 aliphatic carbocycles. The summed E-state index contributed by atoms with van der Waals surface area (Å²) in [6.45, 7) is 3.79. The van der Waals surface area contributed by atoms with E-state index in [1.165, 1.54) is 6.26 Å². The van der Waals surface area contributed by atoms with Gasteiger partial charge in [-0.1, -0.05) is 42.5 Å². The fourth-order valence-electron chi connectivity index (χ4n) is 3.46. The van der Waals surface area contributed by atoms with E-state index >= 15 is 0 Å². The summed E-state index contributed by atoms with van der Waals surface area (Å²) >= 11 is 0. The number of carbonyl (C=O) groups excluding carboxylic acids is 1. The Morgan fingerprint density at radius 3 is 2.45 bits per heavy atom. The zero-order valence-electron chi connectivity index (χ0n) is 17.7. The molecule has 0 radical (unpaired) electrons. The maximum Gasteiger partial charge on any atom is 0.225 e. The summed E-state index contributed by atoms with van der Waals surface area (Å²) < 4.78 is 22.8. The Morgan fingerprint density at radius 2 is 1.77 bits per heavy atom. The van der Waals surface area contributed by atoms with Crippen LogP contribution < -0.4 is 16.0 Å². The molecule has 1 heterocycles. The molecule has 7 nitrogen and oxygen atoms in total. The van der Waals surface area contributed by atoms with Crippen LogP contribution in [0.3, 0.4) is 0 Å². The number of hydrogen-bond acceptors (Lipinski definition) is 4. The average molecular weight is 556 g/mol.